The molecule has 3 atom stereocenters. The van der Waals surface area contributed by atoms with Gasteiger partial charge in [0, 0.05) is 17.6 Å². The summed E-state index contributed by atoms with van der Waals surface area (Å²) in [6, 6.07) is 1.01. The van der Waals surface area contributed by atoms with Crippen molar-refractivity contribution in [3.63, 3.8) is 0 Å². The topological polar surface area (TPSA) is 49.5 Å². The van der Waals surface area contributed by atoms with Gasteiger partial charge in [0.1, 0.15) is 0 Å². The fourth-order valence-corrected chi connectivity index (χ4v) is 2.15. The summed E-state index contributed by atoms with van der Waals surface area (Å²) in [7, 11) is 0. The van der Waals surface area contributed by atoms with Gasteiger partial charge in [0.2, 0.25) is 0 Å². The minimum atomic E-state index is -0.458. The fourth-order valence-electron chi connectivity index (χ4n) is 2.15. The van der Waals surface area contributed by atoms with Crippen molar-refractivity contribution in [3.8, 4) is 0 Å². The first kappa shape index (κ1) is 14.9. The highest BCUT2D eigenvalue weighted by Gasteiger charge is 2.25. The molecule has 3 nitrogen and oxygen atoms in total. The van der Waals surface area contributed by atoms with Crippen LogP contribution in [0, 0.1) is 0 Å². The Balaban J connectivity index is 4.33. The molecule has 0 spiro atoms. The molecule has 0 aromatic rings. The molecule has 3 N–H and O–H groups in total. The van der Waals surface area contributed by atoms with Crippen LogP contribution in [0.2, 0.25) is 0 Å². The Morgan fingerprint density at radius 2 is 1.80 bits per heavy atom. The molecule has 0 aliphatic carbocycles. The minimum absolute atomic E-state index is 0.0510. The number of nitrogens with zero attached hydrogens (tertiary/aromatic N) is 1. The van der Waals surface area contributed by atoms with Crippen LogP contribution in [0.25, 0.3) is 0 Å². The molecule has 0 aromatic heterocycles. The molecule has 0 aliphatic rings. The molecule has 0 aromatic carbocycles. The standard InChI is InChI=1S/C12H28N2O/c1-6-10(3)14(7-2)11(4)8-12(5,13)9-15/h10-11,15H,6-9,13H2,1-5H3. The van der Waals surface area contributed by atoms with Crippen LogP contribution in [0.15, 0.2) is 0 Å². The number of hydrogen-bond acceptors (Lipinski definition) is 3. The third kappa shape index (κ3) is 4.96. The van der Waals surface area contributed by atoms with Crippen LogP contribution in [0.1, 0.15) is 47.5 Å². The Bertz CT molecular complexity index is 171. The molecule has 0 radical (unpaired) electrons. The molecule has 0 saturated carbocycles. The molecule has 0 heterocycles. The van der Waals surface area contributed by atoms with Crippen LogP contribution in [-0.4, -0.2) is 40.8 Å². The van der Waals surface area contributed by atoms with Crippen molar-refractivity contribution in [1.82, 2.24) is 4.90 Å². The molecule has 0 saturated heterocycles. The monoisotopic (exact) mass is 216 g/mol. The SMILES string of the molecule is CCC(C)N(CC)C(C)CC(C)(N)CO. The molecule has 92 valence electrons. The largest absolute Gasteiger partial charge is 0.394 e. The van der Waals surface area contributed by atoms with Gasteiger partial charge in [-0.1, -0.05) is 13.8 Å². The minimum Gasteiger partial charge on any atom is -0.394 e. The Morgan fingerprint density at radius 3 is 2.13 bits per heavy atom. The van der Waals surface area contributed by atoms with Gasteiger partial charge >= 0.3 is 0 Å². The van der Waals surface area contributed by atoms with Crippen LogP contribution >= 0.6 is 0 Å². The van der Waals surface area contributed by atoms with Crippen molar-refractivity contribution in [3.05, 3.63) is 0 Å². The van der Waals surface area contributed by atoms with Gasteiger partial charge < -0.3 is 10.8 Å². The van der Waals surface area contributed by atoms with Crippen molar-refractivity contribution in [2.75, 3.05) is 13.2 Å². The number of aliphatic hydroxyl groups excluding tert-OH is 1. The second-order valence-corrected chi connectivity index (χ2v) is 4.95. The van der Waals surface area contributed by atoms with Crippen molar-refractivity contribution in [2.45, 2.75) is 65.1 Å². The highest BCUT2D eigenvalue weighted by atomic mass is 16.3. The van der Waals surface area contributed by atoms with Gasteiger partial charge in [-0.2, -0.15) is 0 Å². The van der Waals surface area contributed by atoms with Crippen molar-refractivity contribution in [2.24, 2.45) is 5.73 Å². The van der Waals surface area contributed by atoms with E-state index in [2.05, 4.69) is 32.6 Å². The normalized spacial score (nSPS) is 20.0. The molecule has 0 bridgehead atoms. The average molecular weight is 216 g/mol. The van der Waals surface area contributed by atoms with E-state index < -0.39 is 5.54 Å². The van der Waals surface area contributed by atoms with Crippen molar-refractivity contribution < 1.29 is 5.11 Å². The van der Waals surface area contributed by atoms with Crippen LogP contribution in [-0.2, 0) is 0 Å². The molecule has 3 heteroatoms. The molecule has 3 unspecified atom stereocenters. The lowest BCUT2D eigenvalue weighted by Crippen LogP contribution is -2.49. The quantitative estimate of drug-likeness (QED) is 0.679. The summed E-state index contributed by atoms with van der Waals surface area (Å²) in [5, 5.41) is 9.15. The van der Waals surface area contributed by atoms with E-state index in [-0.39, 0.29) is 6.61 Å². The van der Waals surface area contributed by atoms with E-state index in [1.165, 1.54) is 0 Å². The number of aliphatic hydroxyl groups is 1. The predicted molar refractivity (Wildman–Crippen MR) is 65.9 cm³/mol. The first-order chi connectivity index (χ1) is 6.87. The second-order valence-electron chi connectivity index (χ2n) is 4.95. The fraction of sp³-hybridized carbons (Fsp3) is 1.00. The Hall–Kier alpha value is -0.120. The summed E-state index contributed by atoms with van der Waals surface area (Å²) >= 11 is 0. The molecule has 0 amide bonds. The zero-order chi connectivity index (χ0) is 12.1. The predicted octanol–water partition coefficient (Wildman–Crippen LogP) is 1.60. The van der Waals surface area contributed by atoms with Crippen LogP contribution in [0.4, 0.5) is 0 Å². The maximum absolute atomic E-state index is 9.15. The van der Waals surface area contributed by atoms with Crippen molar-refractivity contribution in [1.29, 1.82) is 0 Å². The van der Waals surface area contributed by atoms with Gasteiger partial charge in [-0.3, -0.25) is 4.90 Å². The number of rotatable bonds is 7. The van der Waals surface area contributed by atoms with Gasteiger partial charge in [-0.05, 0) is 40.2 Å². The average Bonchev–Trinajstić information content (AvgIpc) is 2.17. The summed E-state index contributed by atoms with van der Waals surface area (Å²) in [4.78, 5) is 2.45. The summed E-state index contributed by atoms with van der Waals surface area (Å²) < 4.78 is 0. The lowest BCUT2D eigenvalue weighted by molar-refractivity contribution is 0.111. The van der Waals surface area contributed by atoms with E-state index >= 15 is 0 Å². The van der Waals surface area contributed by atoms with Crippen LogP contribution in [0.5, 0.6) is 0 Å². The van der Waals surface area contributed by atoms with Gasteiger partial charge in [0.05, 0.1) is 6.61 Å². The smallest absolute Gasteiger partial charge is 0.0609 e. The summed E-state index contributed by atoms with van der Waals surface area (Å²) in [5.74, 6) is 0. The van der Waals surface area contributed by atoms with Gasteiger partial charge in [0.15, 0.2) is 0 Å². The van der Waals surface area contributed by atoms with E-state index in [1.54, 1.807) is 0 Å². The third-order valence-corrected chi connectivity index (χ3v) is 3.21. The molecular weight excluding hydrogens is 188 g/mol. The summed E-state index contributed by atoms with van der Waals surface area (Å²) in [6.45, 7) is 11.8. The van der Waals surface area contributed by atoms with Crippen LogP contribution < -0.4 is 5.73 Å². The maximum Gasteiger partial charge on any atom is 0.0609 e. The molecule has 0 rings (SSSR count). The zero-order valence-corrected chi connectivity index (χ0v) is 11.0. The first-order valence-electron chi connectivity index (χ1n) is 6.03. The van der Waals surface area contributed by atoms with Crippen molar-refractivity contribution >= 4 is 0 Å². The Kier molecular flexibility index (Phi) is 6.41. The molecule has 0 aliphatic heterocycles. The lowest BCUT2D eigenvalue weighted by Gasteiger charge is -2.37. The summed E-state index contributed by atoms with van der Waals surface area (Å²) in [6.07, 6.45) is 1.99. The second kappa shape index (κ2) is 6.46. The first-order valence-corrected chi connectivity index (χ1v) is 6.03. The number of hydrogen-bond donors (Lipinski definition) is 2. The van der Waals surface area contributed by atoms with Gasteiger partial charge in [0.25, 0.3) is 0 Å². The maximum atomic E-state index is 9.15. The molecule has 0 fully saturated rings. The summed E-state index contributed by atoms with van der Waals surface area (Å²) in [5.41, 5.74) is 5.52. The van der Waals surface area contributed by atoms with E-state index in [9.17, 15) is 0 Å². The van der Waals surface area contributed by atoms with E-state index in [4.69, 9.17) is 10.8 Å². The third-order valence-electron chi connectivity index (χ3n) is 3.21. The Labute approximate surface area is 94.6 Å². The van der Waals surface area contributed by atoms with E-state index in [1.807, 2.05) is 6.92 Å². The molecule has 15 heavy (non-hydrogen) atoms. The van der Waals surface area contributed by atoms with E-state index in [0.717, 1.165) is 19.4 Å². The van der Waals surface area contributed by atoms with E-state index in [0.29, 0.717) is 12.1 Å². The highest BCUT2D eigenvalue weighted by Crippen LogP contribution is 2.16. The van der Waals surface area contributed by atoms with Crippen LogP contribution in [0.3, 0.4) is 0 Å². The number of nitrogens with two attached hydrogens (primary N) is 1. The van der Waals surface area contributed by atoms with Gasteiger partial charge in [-0.15, -0.1) is 0 Å². The highest BCUT2D eigenvalue weighted by molar-refractivity contribution is 4.84. The lowest BCUT2D eigenvalue weighted by atomic mass is 9.94. The zero-order valence-electron chi connectivity index (χ0n) is 11.0. The Morgan fingerprint density at radius 1 is 1.27 bits per heavy atom. The van der Waals surface area contributed by atoms with Gasteiger partial charge in [-0.25, -0.2) is 0 Å². The molecular formula is C12H28N2O.